The summed E-state index contributed by atoms with van der Waals surface area (Å²) in [4.78, 5) is 19.0. The number of halogens is 1. The van der Waals surface area contributed by atoms with Gasteiger partial charge in [0.05, 0.1) is 24.9 Å². The fourth-order valence-electron chi connectivity index (χ4n) is 5.44. The van der Waals surface area contributed by atoms with Crippen LogP contribution in [0.2, 0.25) is 5.02 Å². The number of aromatic nitrogens is 1. The Kier molecular flexibility index (Phi) is 12.2. The normalized spacial score (nSPS) is 17.9. The van der Waals surface area contributed by atoms with Crippen LogP contribution in [0.5, 0.6) is 5.75 Å². The molecule has 1 aromatic heterocycles. The molecule has 47 heavy (non-hydrogen) atoms. The first-order valence-corrected chi connectivity index (χ1v) is 17.3. The Bertz CT molecular complexity index is 1500. The van der Waals surface area contributed by atoms with Crippen molar-refractivity contribution in [1.82, 2.24) is 9.88 Å². The average Bonchev–Trinajstić information content (AvgIpc) is 4.02. The molecule has 0 saturated heterocycles. The summed E-state index contributed by atoms with van der Waals surface area (Å²) < 4.78 is 12.8. The maximum absolute atomic E-state index is 12.2. The zero-order valence-corrected chi connectivity index (χ0v) is 27.9. The molecule has 12 heteroatoms. The van der Waals surface area contributed by atoms with E-state index in [4.69, 9.17) is 26.2 Å². The van der Waals surface area contributed by atoms with Gasteiger partial charge in [-0.15, -0.1) is 11.8 Å². The van der Waals surface area contributed by atoms with E-state index in [1.165, 1.54) is 11.8 Å². The Hall–Kier alpha value is -2.74. The van der Waals surface area contributed by atoms with Crippen molar-refractivity contribution in [1.29, 1.82) is 0 Å². The highest BCUT2D eigenvalue weighted by atomic mass is 35.5. The smallest absolute Gasteiger partial charge is 0.219 e. The number of benzene rings is 2. The van der Waals surface area contributed by atoms with Gasteiger partial charge >= 0.3 is 0 Å². The second kappa shape index (κ2) is 16.1. The number of hydrogen-bond acceptors (Lipinski definition) is 10. The van der Waals surface area contributed by atoms with Gasteiger partial charge in [-0.05, 0) is 79.3 Å². The number of thioether (sulfide) groups is 1. The zero-order chi connectivity index (χ0) is 33.6. The number of carbonyl (C=O) groups excluding carboxylic acids is 1. The van der Waals surface area contributed by atoms with Crippen LogP contribution in [0.15, 0.2) is 65.8 Å². The van der Waals surface area contributed by atoms with E-state index in [1.807, 2.05) is 48.7 Å². The van der Waals surface area contributed by atoms with Crippen LogP contribution in [0, 0.1) is 0 Å². The number of aliphatic hydroxyl groups is 5. The van der Waals surface area contributed by atoms with Crippen LogP contribution in [-0.4, -0.2) is 97.3 Å². The number of rotatable bonds is 18. The summed E-state index contributed by atoms with van der Waals surface area (Å²) in [6.45, 7) is 1.02. The van der Waals surface area contributed by atoms with Gasteiger partial charge in [0.2, 0.25) is 5.91 Å². The Labute approximate surface area is 284 Å². The molecule has 10 nitrogen and oxygen atoms in total. The fraction of sp³-hybridized carbons (Fsp3) is 0.486. The molecule has 0 radical (unpaired) electrons. The number of pyridine rings is 1. The maximum atomic E-state index is 12.2. The first kappa shape index (κ1) is 35.6. The third kappa shape index (κ3) is 9.24. The van der Waals surface area contributed by atoms with Crippen molar-refractivity contribution in [2.75, 3.05) is 25.4 Å². The van der Waals surface area contributed by atoms with Gasteiger partial charge in [0, 0.05) is 53.5 Å². The van der Waals surface area contributed by atoms with Crippen molar-refractivity contribution < 1.29 is 39.8 Å². The van der Waals surface area contributed by atoms with E-state index in [9.17, 15) is 25.2 Å². The molecule has 2 aliphatic carbocycles. The van der Waals surface area contributed by atoms with Gasteiger partial charge in [0.1, 0.15) is 30.2 Å². The number of ether oxygens (including phenoxy) is 2. The standard InChI is InChI=1S/C35H43ClN2O8S/c1-22(40)38(19-30(41)33(43)34(44)31(42)20-39)15-4-16-47-25-9-10-29(36)23(17-25)21-45-35(12-13-35)28-18-37-14-11-26(28)27-5-2-3-6-32(27)46-24-7-8-24/h2-3,5-6,9-11,14,17-18,24,30-31,33-34,39,41-44H,4,7-8,12-13,15-16,19-21H2,1H3/t30-,31+,33+,34+/m0/s1. The average molecular weight is 687 g/mol. The number of nitrogens with zero attached hydrogens (tertiary/aromatic N) is 2. The number of carbonyl (C=O) groups is 1. The monoisotopic (exact) mass is 686 g/mol. The Morgan fingerprint density at radius 1 is 1.06 bits per heavy atom. The molecule has 5 rings (SSSR count). The Balaban J connectivity index is 1.17. The molecule has 0 aliphatic heterocycles. The quantitative estimate of drug-likeness (QED) is 0.0984. The van der Waals surface area contributed by atoms with Crippen LogP contribution in [0.25, 0.3) is 11.1 Å². The lowest BCUT2D eigenvalue weighted by Crippen LogP contribution is -2.50. The van der Waals surface area contributed by atoms with Crippen molar-refractivity contribution in [3.05, 3.63) is 77.1 Å². The van der Waals surface area contributed by atoms with E-state index < -0.39 is 36.6 Å². The lowest BCUT2D eigenvalue weighted by atomic mass is 9.96. The van der Waals surface area contributed by atoms with Crippen molar-refractivity contribution in [2.45, 2.75) is 86.7 Å². The third-order valence-electron chi connectivity index (χ3n) is 8.55. The minimum atomic E-state index is -1.74. The molecular weight excluding hydrogens is 644 g/mol. The van der Waals surface area contributed by atoms with E-state index >= 15 is 0 Å². The molecule has 0 spiro atoms. The highest BCUT2D eigenvalue weighted by Gasteiger charge is 2.48. The molecule has 2 aromatic carbocycles. The SMILES string of the molecule is CC(=O)N(CCCSc1ccc(Cl)c(COC2(c3cnccc3-c3ccccc3OC3CC3)CC2)c1)C[C@H](O)[C@@H](O)[C@H](O)[C@H](O)CO. The van der Waals surface area contributed by atoms with E-state index in [-0.39, 0.29) is 18.6 Å². The summed E-state index contributed by atoms with van der Waals surface area (Å²) in [5.74, 6) is 1.25. The van der Waals surface area contributed by atoms with Gasteiger partial charge < -0.3 is 39.9 Å². The molecule has 2 fully saturated rings. The van der Waals surface area contributed by atoms with Crippen LogP contribution < -0.4 is 4.74 Å². The minimum Gasteiger partial charge on any atom is -0.490 e. The predicted molar refractivity (Wildman–Crippen MR) is 179 cm³/mol. The summed E-state index contributed by atoms with van der Waals surface area (Å²) in [5, 5.41) is 49.4. The van der Waals surface area contributed by atoms with Gasteiger partial charge in [-0.1, -0.05) is 29.8 Å². The molecule has 2 saturated carbocycles. The van der Waals surface area contributed by atoms with Gasteiger partial charge in [-0.25, -0.2) is 0 Å². The number of hydrogen-bond donors (Lipinski definition) is 5. The van der Waals surface area contributed by atoms with Crippen molar-refractivity contribution in [3.8, 4) is 16.9 Å². The Morgan fingerprint density at radius 3 is 2.51 bits per heavy atom. The predicted octanol–water partition coefficient (Wildman–Crippen LogP) is 3.92. The summed E-state index contributed by atoms with van der Waals surface area (Å²) in [5.41, 5.74) is 3.56. The molecule has 2 aliphatic rings. The molecule has 4 atom stereocenters. The minimum absolute atomic E-state index is 0.224. The summed E-state index contributed by atoms with van der Waals surface area (Å²) >= 11 is 8.20. The van der Waals surface area contributed by atoms with Crippen LogP contribution in [0.4, 0.5) is 0 Å². The van der Waals surface area contributed by atoms with Gasteiger partial charge in [0.15, 0.2) is 0 Å². The molecule has 0 bridgehead atoms. The molecule has 5 N–H and O–H groups in total. The van der Waals surface area contributed by atoms with E-state index in [0.717, 1.165) is 58.6 Å². The maximum Gasteiger partial charge on any atom is 0.219 e. The number of para-hydroxylation sites is 1. The third-order valence-corrected chi connectivity index (χ3v) is 10.0. The molecule has 1 heterocycles. The van der Waals surface area contributed by atoms with E-state index in [2.05, 4.69) is 11.1 Å². The van der Waals surface area contributed by atoms with Crippen molar-refractivity contribution >= 4 is 29.3 Å². The van der Waals surface area contributed by atoms with Gasteiger partial charge in [0.25, 0.3) is 0 Å². The van der Waals surface area contributed by atoms with Crippen LogP contribution in [0.1, 0.15) is 50.2 Å². The second-order valence-corrected chi connectivity index (χ2v) is 13.8. The van der Waals surface area contributed by atoms with Crippen molar-refractivity contribution in [3.63, 3.8) is 0 Å². The molecule has 3 aromatic rings. The number of amides is 1. The number of aliphatic hydroxyl groups excluding tert-OH is 5. The van der Waals surface area contributed by atoms with Crippen LogP contribution >= 0.6 is 23.4 Å². The lowest BCUT2D eigenvalue weighted by Gasteiger charge is -2.30. The summed E-state index contributed by atoms with van der Waals surface area (Å²) in [7, 11) is 0. The van der Waals surface area contributed by atoms with Crippen LogP contribution in [0.3, 0.4) is 0 Å². The van der Waals surface area contributed by atoms with Crippen LogP contribution in [-0.2, 0) is 21.7 Å². The van der Waals surface area contributed by atoms with E-state index in [1.54, 1.807) is 18.0 Å². The lowest BCUT2D eigenvalue weighted by molar-refractivity contribution is -0.137. The first-order valence-electron chi connectivity index (χ1n) is 16.0. The second-order valence-electron chi connectivity index (χ2n) is 12.2. The largest absolute Gasteiger partial charge is 0.490 e. The fourth-order valence-corrected chi connectivity index (χ4v) is 6.51. The molecule has 254 valence electrons. The molecule has 0 unspecified atom stereocenters. The Morgan fingerprint density at radius 2 is 1.81 bits per heavy atom. The van der Waals surface area contributed by atoms with Gasteiger partial charge in [-0.3, -0.25) is 9.78 Å². The summed E-state index contributed by atoms with van der Waals surface area (Å²) in [6.07, 6.45) is 1.94. The summed E-state index contributed by atoms with van der Waals surface area (Å²) in [6, 6.07) is 16.0. The highest BCUT2D eigenvalue weighted by molar-refractivity contribution is 7.99. The van der Waals surface area contributed by atoms with Gasteiger partial charge in [-0.2, -0.15) is 0 Å². The molecule has 1 amide bonds. The first-order chi connectivity index (χ1) is 22.6. The van der Waals surface area contributed by atoms with E-state index in [0.29, 0.717) is 30.3 Å². The zero-order valence-electron chi connectivity index (χ0n) is 26.4. The molecular formula is C35H43ClN2O8S. The topological polar surface area (TPSA) is 153 Å². The van der Waals surface area contributed by atoms with Crippen molar-refractivity contribution in [2.24, 2.45) is 0 Å². The highest BCUT2D eigenvalue weighted by Crippen LogP contribution is 2.53.